The van der Waals surface area contributed by atoms with Crippen LogP contribution in [0, 0.1) is 0 Å². The molecule has 0 saturated carbocycles. The lowest BCUT2D eigenvalue weighted by atomic mass is 10.3. The number of rotatable bonds is 4. The van der Waals surface area contributed by atoms with E-state index >= 15 is 0 Å². The minimum absolute atomic E-state index is 0.113. The van der Waals surface area contributed by atoms with Crippen molar-refractivity contribution in [3.8, 4) is 0 Å². The molecule has 0 amide bonds. The van der Waals surface area contributed by atoms with E-state index in [1.165, 1.54) is 0 Å². The summed E-state index contributed by atoms with van der Waals surface area (Å²) in [5.41, 5.74) is 6.99. The summed E-state index contributed by atoms with van der Waals surface area (Å²) >= 11 is 36.4. The monoisotopic (exact) mass is 458 g/mol. The van der Waals surface area contributed by atoms with Crippen LogP contribution in [0.2, 0.25) is 30.1 Å². The molecule has 10 heteroatoms. The third kappa shape index (κ3) is 4.91. The minimum atomic E-state index is 0.113. The van der Waals surface area contributed by atoms with Crippen LogP contribution >= 0.6 is 69.6 Å². The van der Waals surface area contributed by atoms with Crippen molar-refractivity contribution in [1.29, 1.82) is 0 Å². The number of hydrogen-bond acceptors (Lipinski definition) is 2. The average molecular weight is 461 g/mol. The van der Waals surface area contributed by atoms with Crippen LogP contribution in [0.4, 0.5) is 11.4 Å². The van der Waals surface area contributed by atoms with Gasteiger partial charge in [-0.05, 0) is 24.3 Å². The number of nitrogens with one attached hydrogen (secondary N) is 1. The quantitative estimate of drug-likeness (QED) is 0.314. The molecule has 0 atom stereocenters. The summed E-state index contributed by atoms with van der Waals surface area (Å²) < 4.78 is 0. The summed E-state index contributed by atoms with van der Waals surface area (Å²) in [4.78, 5) is 5.77. The second-order valence-corrected chi connectivity index (χ2v) is 7.26. The molecule has 134 valence electrons. The molecule has 0 aliphatic heterocycles. The highest BCUT2D eigenvalue weighted by Gasteiger charge is 2.14. The smallest absolute Gasteiger partial charge is 0.197 e. The molecule has 0 radical (unpaired) electrons. The van der Waals surface area contributed by atoms with Crippen molar-refractivity contribution in [2.45, 2.75) is 0 Å². The summed E-state index contributed by atoms with van der Waals surface area (Å²) in [7, 11) is 1.69. The maximum atomic E-state index is 6.19. The molecule has 2 aromatic rings. The van der Waals surface area contributed by atoms with Gasteiger partial charge in [0.1, 0.15) is 6.67 Å². The van der Waals surface area contributed by atoms with Crippen LogP contribution in [0.25, 0.3) is 0 Å². The van der Waals surface area contributed by atoms with E-state index in [0.29, 0.717) is 41.5 Å². The summed E-state index contributed by atoms with van der Waals surface area (Å²) in [6, 6.07) is 6.41. The average Bonchev–Trinajstić information content (AvgIpc) is 2.56. The van der Waals surface area contributed by atoms with Gasteiger partial charge in [0.05, 0.1) is 36.5 Å². The van der Waals surface area contributed by atoms with Crippen LogP contribution in [-0.4, -0.2) is 19.7 Å². The molecule has 25 heavy (non-hydrogen) atoms. The molecule has 0 fully saturated rings. The number of aliphatic imine (C=N–C) groups is 1. The zero-order valence-corrected chi connectivity index (χ0v) is 17.3. The van der Waals surface area contributed by atoms with Crippen molar-refractivity contribution >= 4 is 86.9 Å². The molecule has 0 saturated heterocycles. The lowest BCUT2D eigenvalue weighted by Gasteiger charge is -2.20. The summed E-state index contributed by atoms with van der Waals surface area (Å²) in [6.45, 7) is 0.113. The molecule has 3 N–H and O–H groups in total. The second kappa shape index (κ2) is 8.76. The van der Waals surface area contributed by atoms with Gasteiger partial charge in [0.2, 0.25) is 0 Å². The molecular formula is C15H12Cl6N4. The van der Waals surface area contributed by atoms with Crippen molar-refractivity contribution in [3.63, 3.8) is 0 Å². The first-order valence-corrected chi connectivity index (χ1v) is 9.04. The Labute approximate surface area is 175 Å². The Balaban J connectivity index is 2.16. The standard InChI is InChI=1S/C15H12Cl6N4/c1-25(11-5-7(16)4-10(19)12(11)20)15(22)24-6-23-14-9(18)3-2-8(17)13(14)21/h2-5,23H,6H2,1H3,(H2,22,24). The molecule has 0 unspecified atom stereocenters. The summed E-state index contributed by atoms with van der Waals surface area (Å²) in [6.07, 6.45) is 0. The third-order valence-electron chi connectivity index (χ3n) is 3.22. The fourth-order valence-electron chi connectivity index (χ4n) is 1.90. The zero-order chi connectivity index (χ0) is 18.7. The number of nitrogens with two attached hydrogens (primary N) is 1. The maximum Gasteiger partial charge on any atom is 0.197 e. The number of anilines is 2. The van der Waals surface area contributed by atoms with Crippen LogP contribution in [0.3, 0.4) is 0 Å². The van der Waals surface area contributed by atoms with Gasteiger partial charge in [-0.15, -0.1) is 0 Å². The van der Waals surface area contributed by atoms with E-state index in [1.54, 1.807) is 36.2 Å². The van der Waals surface area contributed by atoms with Gasteiger partial charge < -0.3 is 16.0 Å². The second-order valence-electron chi connectivity index (χ2n) is 4.85. The molecule has 0 aliphatic carbocycles. The van der Waals surface area contributed by atoms with Crippen molar-refractivity contribution < 1.29 is 0 Å². The Kier molecular flexibility index (Phi) is 7.20. The molecule has 2 aromatic carbocycles. The van der Waals surface area contributed by atoms with Crippen LogP contribution in [-0.2, 0) is 0 Å². The van der Waals surface area contributed by atoms with Crippen LogP contribution in [0.1, 0.15) is 0 Å². The Bertz CT molecular complexity index is 824. The van der Waals surface area contributed by atoms with Gasteiger partial charge >= 0.3 is 0 Å². The van der Waals surface area contributed by atoms with Gasteiger partial charge in [-0.3, -0.25) is 0 Å². The normalized spacial score (nSPS) is 11.6. The van der Waals surface area contributed by atoms with E-state index < -0.39 is 0 Å². The molecule has 0 bridgehead atoms. The highest BCUT2D eigenvalue weighted by molar-refractivity contribution is 6.46. The Hall–Kier alpha value is -0.750. The SMILES string of the molecule is CN(C(N)=NCNc1c(Cl)ccc(Cl)c1Cl)c1cc(Cl)cc(Cl)c1Cl. The largest absolute Gasteiger partial charge is 0.369 e. The fourth-order valence-corrected chi connectivity index (χ4v) is 3.28. The molecule has 0 aliphatic rings. The Morgan fingerprint density at radius 3 is 2.32 bits per heavy atom. The highest BCUT2D eigenvalue weighted by Crippen LogP contribution is 2.36. The van der Waals surface area contributed by atoms with Gasteiger partial charge in [0.15, 0.2) is 5.96 Å². The first-order valence-electron chi connectivity index (χ1n) is 6.78. The summed E-state index contributed by atoms with van der Waals surface area (Å²) in [5.74, 6) is 0.182. The van der Waals surface area contributed by atoms with Crippen LogP contribution < -0.4 is 16.0 Å². The first kappa shape index (κ1) is 20.6. The number of hydrogen-bond donors (Lipinski definition) is 2. The van der Waals surface area contributed by atoms with Crippen molar-refractivity contribution in [2.24, 2.45) is 10.7 Å². The third-order valence-corrected chi connectivity index (χ3v) is 5.35. The zero-order valence-electron chi connectivity index (χ0n) is 12.8. The predicted octanol–water partition coefficient (Wildman–Crippen LogP) is 6.43. The molecule has 2 rings (SSSR count). The van der Waals surface area contributed by atoms with Crippen molar-refractivity contribution in [3.05, 3.63) is 54.4 Å². The molecule has 0 aromatic heterocycles. The van der Waals surface area contributed by atoms with Crippen LogP contribution in [0.15, 0.2) is 29.3 Å². The first-order chi connectivity index (χ1) is 11.7. The number of nitrogens with zero attached hydrogens (tertiary/aromatic N) is 2. The van der Waals surface area contributed by atoms with E-state index in [1.807, 2.05) is 0 Å². The number of benzene rings is 2. The summed E-state index contributed by atoms with van der Waals surface area (Å²) in [5, 5.41) is 5.14. The van der Waals surface area contributed by atoms with Crippen molar-refractivity contribution in [1.82, 2.24) is 0 Å². The maximum absolute atomic E-state index is 6.19. The van der Waals surface area contributed by atoms with E-state index in [4.69, 9.17) is 75.3 Å². The molecule has 0 spiro atoms. The lowest BCUT2D eigenvalue weighted by molar-refractivity contribution is 1.09. The fraction of sp³-hybridized carbons (Fsp3) is 0.133. The van der Waals surface area contributed by atoms with Crippen LogP contribution in [0.5, 0.6) is 0 Å². The molecular weight excluding hydrogens is 449 g/mol. The van der Waals surface area contributed by atoms with E-state index in [0.717, 1.165) is 0 Å². The van der Waals surface area contributed by atoms with E-state index in [-0.39, 0.29) is 12.6 Å². The topological polar surface area (TPSA) is 53.6 Å². The minimum Gasteiger partial charge on any atom is -0.369 e. The molecule has 4 nitrogen and oxygen atoms in total. The van der Waals surface area contributed by atoms with E-state index in [9.17, 15) is 0 Å². The highest BCUT2D eigenvalue weighted by atomic mass is 35.5. The van der Waals surface area contributed by atoms with Gasteiger partial charge in [0, 0.05) is 12.1 Å². The predicted molar refractivity (Wildman–Crippen MR) is 111 cm³/mol. The van der Waals surface area contributed by atoms with Gasteiger partial charge in [-0.25, -0.2) is 4.99 Å². The van der Waals surface area contributed by atoms with Gasteiger partial charge in [-0.1, -0.05) is 69.6 Å². The molecule has 0 heterocycles. The number of guanidine groups is 1. The number of halogens is 6. The van der Waals surface area contributed by atoms with Gasteiger partial charge in [-0.2, -0.15) is 0 Å². The Morgan fingerprint density at radius 1 is 1.00 bits per heavy atom. The lowest BCUT2D eigenvalue weighted by Crippen LogP contribution is -2.34. The van der Waals surface area contributed by atoms with E-state index in [2.05, 4.69) is 10.3 Å². The van der Waals surface area contributed by atoms with Crippen molar-refractivity contribution in [2.75, 3.05) is 23.9 Å². The Morgan fingerprint density at radius 2 is 1.64 bits per heavy atom. The van der Waals surface area contributed by atoms with Gasteiger partial charge in [0.25, 0.3) is 0 Å².